The molecule has 1 atom stereocenters. The molecule has 2 N–H and O–H groups in total. The number of nitrogens with zero attached hydrogens (tertiary/aromatic N) is 3. The Labute approximate surface area is 202 Å². The number of nitrogens with one attached hydrogen (secondary N) is 2. The molecule has 8 nitrogen and oxygen atoms in total. The second kappa shape index (κ2) is 14.5. The molecule has 3 rings (SSSR count). The van der Waals surface area contributed by atoms with Crippen LogP contribution >= 0.6 is 24.0 Å². The first-order valence-corrected chi connectivity index (χ1v) is 11.0. The molecule has 0 aliphatic carbocycles. The molecule has 1 aromatic rings. The Balaban J connectivity index is 0.00000341. The molecule has 0 bridgehead atoms. The SMILES string of the molecule is CN=C(NCCCOCC1CCCO1)NCC(=O)N1CCN(c2ccccc2)CC1.I. The van der Waals surface area contributed by atoms with Crippen LogP contribution in [-0.2, 0) is 14.3 Å². The van der Waals surface area contributed by atoms with Gasteiger partial charge in [-0.1, -0.05) is 18.2 Å². The molecule has 0 aromatic heterocycles. The summed E-state index contributed by atoms with van der Waals surface area (Å²) in [7, 11) is 1.71. The van der Waals surface area contributed by atoms with E-state index in [9.17, 15) is 4.79 Å². The van der Waals surface area contributed by atoms with Gasteiger partial charge < -0.3 is 29.9 Å². The minimum absolute atomic E-state index is 0. The molecule has 0 radical (unpaired) electrons. The second-order valence-corrected chi connectivity index (χ2v) is 7.62. The summed E-state index contributed by atoms with van der Waals surface area (Å²) in [5.41, 5.74) is 1.21. The Morgan fingerprint density at radius 1 is 1.19 bits per heavy atom. The molecule has 174 valence electrons. The van der Waals surface area contributed by atoms with Crippen molar-refractivity contribution >= 4 is 41.5 Å². The molecule has 1 unspecified atom stereocenters. The standard InChI is InChI=1S/C22H35N5O3.HI/c1-23-22(24-10-6-15-29-18-20-9-5-16-30-20)25-17-21(28)27-13-11-26(12-14-27)19-7-3-2-4-8-19;/h2-4,7-8,20H,5-6,9-18H2,1H3,(H2,23,24,25);1H. The van der Waals surface area contributed by atoms with Gasteiger partial charge in [-0.2, -0.15) is 0 Å². The van der Waals surface area contributed by atoms with Crippen molar-refractivity contribution in [1.82, 2.24) is 15.5 Å². The molecule has 0 spiro atoms. The first-order chi connectivity index (χ1) is 14.8. The molecule has 2 aliphatic rings. The molecular weight excluding hydrogens is 509 g/mol. The summed E-state index contributed by atoms with van der Waals surface area (Å²) in [4.78, 5) is 21.0. The maximum Gasteiger partial charge on any atom is 0.242 e. The topological polar surface area (TPSA) is 78.4 Å². The van der Waals surface area contributed by atoms with Crippen molar-refractivity contribution < 1.29 is 14.3 Å². The average Bonchev–Trinajstić information content (AvgIpc) is 3.32. The number of rotatable bonds is 9. The number of para-hydroxylation sites is 1. The first kappa shape index (κ1) is 25.7. The van der Waals surface area contributed by atoms with Gasteiger partial charge in [0.15, 0.2) is 5.96 Å². The molecular formula is C22H36IN5O3. The lowest BCUT2D eigenvalue weighted by Crippen LogP contribution is -2.52. The fraction of sp³-hybridized carbons (Fsp3) is 0.636. The van der Waals surface area contributed by atoms with Crippen LogP contribution in [-0.4, -0.2) is 89.0 Å². The van der Waals surface area contributed by atoms with Gasteiger partial charge in [-0.25, -0.2) is 0 Å². The fourth-order valence-electron chi connectivity index (χ4n) is 3.72. The number of benzene rings is 1. The number of aliphatic imine (C=N–C) groups is 1. The highest BCUT2D eigenvalue weighted by atomic mass is 127. The monoisotopic (exact) mass is 545 g/mol. The summed E-state index contributed by atoms with van der Waals surface area (Å²) >= 11 is 0. The summed E-state index contributed by atoms with van der Waals surface area (Å²) in [6.45, 7) is 6.42. The van der Waals surface area contributed by atoms with E-state index in [1.165, 1.54) is 5.69 Å². The summed E-state index contributed by atoms with van der Waals surface area (Å²) in [6, 6.07) is 10.3. The van der Waals surface area contributed by atoms with Gasteiger partial charge >= 0.3 is 0 Å². The maximum absolute atomic E-state index is 12.5. The van der Waals surface area contributed by atoms with Gasteiger partial charge in [0.2, 0.25) is 5.91 Å². The van der Waals surface area contributed by atoms with E-state index in [2.05, 4.69) is 32.7 Å². The Morgan fingerprint density at radius 2 is 1.97 bits per heavy atom. The zero-order chi connectivity index (χ0) is 21.0. The summed E-state index contributed by atoms with van der Waals surface area (Å²) < 4.78 is 11.2. The summed E-state index contributed by atoms with van der Waals surface area (Å²) in [5, 5.41) is 6.35. The molecule has 1 aromatic carbocycles. The predicted octanol–water partition coefficient (Wildman–Crippen LogP) is 1.70. The van der Waals surface area contributed by atoms with E-state index in [1.54, 1.807) is 7.05 Å². The minimum atomic E-state index is 0. The van der Waals surface area contributed by atoms with Crippen LogP contribution in [0.3, 0.4) is 0 Å². The van der Waals surface area contributed by atoms with E-state index in [-0.39, 0.29) is 42.5 Å². The first-order valence-electron chi connectivity index (χ1n) is 11.0. The summed E-state index contributed by atoms with van der Waals surface area (Å²) in [5.74, 6) is 0.746. The number of hydrogen-bond donors (Lipinski definition) is 2. The summed E-state index contributed by atoms with van der Waals surface area (Å²) in [6.07, 6.45) is 3.39. The Hall–Kier alpha value is -1.59. The number of anilines is 1. The normalized spacial score (nSPS) is 19.1. The zero-order valence-electron chi connectivity index (χ0n) is 18.4. The largest absolute Gasteiger partial charge is 0.379 e. The third-order valence-corrected chi connectivity index (χ3v) is 5.47. The molecule has 1 amide bonds. The number of guanidine groups is 1. The zero-order valence-corrected chi connectivity index (χ0v) is 20.8. The molecule has 0 saturated carbocycles. The van der Waals surface area contributed by atoms with Gasteiger partial charge in [0.1, 0.15) is 0 Å². The molecule has 2 fully saturated rings. The quantitative estimate of drug-likeness (QED) is 0.213. The van der Waals surface area contributed by atoms with E-state index in [0.29, 0.717) is 19.2 Å². The van der Waals surface area contributed by atoms with E-state index >= 15 is 0 Å². The van der Waals surface area contributed by atoms with Gasteiger partial charge in [-0.05, 0) is 31.4 Å². The van der Waals surface area contributed by atoms with Crippen molar-refractivity contribution in [3.8, 4) is 0 Å². The maximum atomic E-state index is 12.5. The van der Waals surface area contributed by atoms with E-state index in [4.69, 9.17) is 9.47 Å². The highest BCUT2D eigenvalue weighted by Gasteiger charge is 2.21. The van der Waals surface area contributed by atoms with Gasteiger partial charge in [0, 0.05) is 58.7 Å². The van der Waals surface area contributed by atoms with Crippen LogP contribution in [0, 0.1) is 0 Å². The lowest BCUT2D eigenvalue weighted by atomic mass is 10.2. The lowest BCUT2D eigenvalue weighted by Gasteiger charge is -2.36. The highest BCUT2D eigenvalue weighted by Crippen LogP contribution is 2.15. The van der Waals surface area contributed by atoms with Crippen LogP contribution in [0.25, 0.3) is 0 Å². The average molecular weight is 545 g/mol. The number of carbonyl (C=O) groups is 1. The van der Waals surface area contributed by atoms with Gasteiger partial charge in [-0.15, -0.1) is 24.0 Å². The van der Waals surface area contributed by atoms with E-state index in [0.717, 1.165) is 58.6 Å². The van der Waals surface area contributed by atoms with Crippen LogP contribution in [0.4, 0.5) is 5.69 Å². The Bertz CT molecular complexity index is 662. The lowest BCUT2D eigenvalue weighted by molar-refractivity contribution is -0.130. The third kappa shape index (κ3) is 8.82. The Morgan fingerprint density at radius 3 is 2.65 bits per heavy atom. The van der Waals surface area contributed by atoms with E-state index < -0.39 is 0 Å². The van der Waals surface area contributed by atoms with Crippen molar-refractivity contribution in [3.63, 3.8) is 0 Å². The number of piperazine rings is 1. The second-order valence-electron chi connectivity index (χ2n) is 7.62. The molecule has 2 heterocycles. The van der Waals surface area contributed by atoms with Crippen molar-refractivity contribution in [1.29, 1.82) is 0 Å². The predicted molar refractivity (Wildman–Crippen MR) is 134 cm³/mol. The number of amides is 1. The minimum Gasteiger partial charge on any atom is -0.379 e. The van der Waals surface area contributed by atoms with Crippen molar-refractivity contribution in [3.05, 3.63) is 30.3 Å². The van der Waals surface area contributed by atoms with Crippen molar-refractivity contribution in [2.75, 3.05) is 71.0 Å². The van der Waals surface area contributed by atoms with Crippen molar-refractivity contribution in [2.45, 2.75) is 25.4 Å². The fourth-order valence-corrected chi connectivity index (χ4v) is 3.72. The smallest absolute Gasteiger partial charge is 0.242 e. The van der Waals surface area contributed by atoms with Crippen LogP contribution in [0.2, 0.25) is 0 Å². The number of halogens is 1. The van der Waals surface area contributed by atoms with Crippen LogP contribution < -0.4 is 15.5 Å². The molecule has 2 saturated heterocycles. The van der Waals surface area contributed by atoms with Gasteiger partial charge in [0.25, 0.3) is 0 Å². The van der Waals surface area contributed by atoms with Crippen LogP contribution in [0.15, 0.2) is 35.3 Å². The number of hydrogen-bond acceptors (Lipinski definition) is 5. The van der Waals surface area contributed by atoms with Crippen molar-refractivity contribution in [2.24, 2.45) is 4.99 Å². The van der Waals surface area contributed by atoms with Gasteiger partial charge in [-0.3, -0.25) is 9.79 Å². The molecule has 31 heavy (non-hydrogen) atoms. The van der Waals surface area contributed by atoms with Crippen LogP contribution in [0.5, 0.6) is 0 Å². The highest BCUT2D eigenvalue weighted by molar-refractivity contribution is 14.0. The third-order valence-electron chi connectivity index (χ3n) is 5.47. The number of carbonyl (C=O) groups excluding carboxylic acids is 1. The van der Waals surface area contributed by atoms with Gasteiger partial charge in [0.05, 0.1) is 19.3 Å². The molecule has 2 aliphatic heterocycles. The van der Waals surface area contributed by atoms with E-state index in [1.807, 2.05) is 23.1 Å². The Kier molecular flexibility index (Phi) is 12.0. The van der Waals surface area contributed by atoms with Crippen LogP contribution in [0.1, 0.15) is 19.3 Å². The molecule has 9 heteroatoms. The number of ether oxygens (including phenoxy) is 2.